The van der Waals surface area contributed by atoms with Gasteiger partial charge in [-0.2, -0.15) is 10.4 Å². The smallest absolute Gasteiger partial charge is 0.244 e. The zero-order valence-corrected chi connectivity index (χ0v) is 11.2. The molecule has 1 aromatic rings. The van der Waals surface area contributed by atoms with E-state index in [1.807, 2.05) is 13.8 Å². The van der Waals surface area contributed by atoms with Crippen LogP contribution in [0.25, 0.3) is 0 Å². The minimum atomic E-state index is -0.917. The molecule has 98 valence electrons. The summed E-state index contributed by atoms with van der Waals surface area (Å²) in [6, 6.07) is 2.20. The summed E-state index contributed by atoms with van der Waals surface area (Å²) in [6.45, 7) is 3.97. The SMILES string of the molecule is CCCC(C#N)(CCC)C(=O)Nc1cnn(C)c1. The van der Waals surface area contributed by atoms with E-state index in [1.165, 1.54) is 0 Å². The van der Waals surface area contributed by atoms with Gasteiger partial charge in [0.25, 0.3) is 0 Å². The standard InChI is InChI=1S/C13H20N4O/c1-4-6-13(10-14,7-5-2)12(18)16-11-8-15-17(3)9-11/h8-9H,4-7H2,1-3H3,(H,16,18). The Balaban J connectivity index is 2.85. The summed E-state index contributed by atoms with van der Waals surface area (Å²) in [6.07, 6.45) is 6.10. The monoisotopic (exact) mass is 248 g/mol. The van der Waals surface area contributed by atoms with E-state index in [4.69, 9.17) is 0 Å². The topological polar surface area (TPSA) is 70.7 Å². The first-order valence-electron chi connectivity index (χ1n) is 6.29. The first-order valence-corrected chi connectivity index (χ1v) is 6.29. The summed E-state index contributed by atoms with van der Waals surface area (Å²) in [5.74, 6) is -0.221. The van der Waals surface area contributed by atoms with Crippen molar-refractivity contribution in [2.45, 2.75) is 39.5 Å². The van der Waals surface area contributed by atoms with Crippen LogP contribution in [-0.4, -0.2) is 15.7 Å². The highest BCUT2D eigenvalue weighted by molar-refractivity contribution is 5.97. The van der Waals surface area contributed by atoms with Gasteiger partial charge in [0.1, 0.15) is 5.41 Å². The Kier molecular flexibility index (Phi) is 4.90. The van der Waals surface area contributed by atoms with Crippen molar-refractivity contribution < 1.29 is 4.79 Å². The third-order valence-corrected chi connectivity index (χ3v) is 2.96. The molecule has 0 aliphatic heterocycles. The normalized spacial score (nSPS) is 11.0. The van der Waals surface area contributed by atoms with Crippen molar-refractivity contribution in [1.82, 2.24) is 9.78 Å². The van der Waals surface area contributed by atoms with Crippen molar-refractivity contribution in [3.8, 4) is 6.07 Å². The summed E-state index contributed by atoms with van der Waals surface area (Å²) >= 11 is 0. The molecule has 0 aliphatic rings. The van der Waals surface area contributed by atoms with Crippen LogP contribution in [0.3, 0.4) is 0 Å². The lowest BCUT2D eigenvalue weighted by Gasteiger charge is -2.24. The molecule has 0 saturated carbocycles. The van der Waals surface area contributed by atoms with Gasteiger partial charge >= 0.3 is 0 Å². The number of nitrogens with one attached hydrogen (secondary N) is 1. The molecule has 0 aliphatic carbocycles. The van der Waals surface area contributed by atoms with E-state index in [9.17, 15) is 10.1 Å². The lowest BCUT2D eigenvalue weighted by Crippen LogP contribution is -2.34. The number of nitrogens with zero attached hydrogens (tertiary/aromatic N) is 3. The van der Waals surface area contributed by atoms with E-state index in [2.05, 4.69) is 16.5 Å². The van der Waals surface area contributed by atoms with Gasteiger partial charge < -0.3 is 5.32 Å². The fourth-order valence-corrected chi connectivity index (χ4v) is 2.10. The van der Waals surface area contributed by atoms with E-state index < -0.39 is 5.41 Å². The van der Waals surface area contributed by atoms with E-state index in [-0.39, 0.29) is 5.91 Å². The first kappa shape index (κ1) is 14.2. The predicted octanol–water partition coefficient (Wildman–Crippen LogP) is 2.47. The molecule has 1 heterocycles. The number of nitriles is 1. The fourth-order valence-electron chi connectivity index (χ4n) is 2.10. The average molecular weight is 248 g/mol. The van der Waals surface area contributed by atoms with Crippen LogP contribution >= 0.6 is 0 Å². The summed E-state index contributed by atoms with van der Waals surface area (Å²) in [4.78, 5) is 12.3. The van der Waals surface area contributed by atoms with E-state index >= 15 is 0 Å². The van der Waals surface area contributed by atoms with Crippen molar-refractivity contribution in [2.24, 2.45) is 12.5 Å². The maximum atomic E-state index is 12.3. The lowest BCUT2D eigenvalue weighted by molar-refractivity contribution is -0.123. The number of rotatable bonds is 6. The summed E-state index contributed by atoms with van der Waals surface area (Å²) in [5.41, 5.74) is -0.284. The van der Waals surface area contributed by atoms with Gasteiger partial charge in [-0.3, -0.25) is 9.48 Å². The van der Waals surface area contributed by atoms with E-state index in [1.54, 1.807) is 24.1 Å². The van der Waals surface area contributed by atoms with Crippen LogP contribution in [0.2, 0.25) is 0 Å². The van der Waals surface area contributed by atoms with Crippen LogP contribution in [0, 0.1) is 16.7 Å². The van der Waals surface area contributed by atoms with Crippen LogP contribution < -0.4 is 5.32 Å². The second kappa shape index (κ2) is 6.20. The van der Waals surface area contributed by atoms with Gasteiger partial charge in [0.15, 0.2) is 0 Å². The molecule has 0 aromatic carbocycles. The number of hydrogen-bond donors (Lipinski definition) is 1. The molecule has 1 amide bonds. The zero-order chi connectivity index (χ0) is 13.6. The quantitative estimate of drug-likeness (QED) is 0.840. The van der Waals surface area contributed by atoms with Crippen LogP contribution in [0.4, 0.5) is 5.69 Å². The highest BCUT2D eigenvalue weighted by Crippen LogP contribution is 2.30. The molecule has 18 heavy (non-hydrogen) atoms. The minimum Gasteiger partial charge on any atom is -0.322 e. The Morgan fingerprint density at radius 2 is 2.11 bits per heavy atom. The van der Waals surface area contributed by atoms with Crippen molar-refractivity contribution >= 4 is 11.6 Å². The van der Waals surface area contributed by atoms with Gasteiger partial charge in [-0.05, 0) is 12.8 Å². The van der Waals surface area contributed by atoms with Gasteiger partial charge in [0.05, 0.1) is 18.0 Å². The molecule has 1 N–H and O–H groups in total. The van der Waals surface area contributed by atoms with Crippen LogP contribution in [0.15, 0.2) is 12.4 Å². The van der Waals surface area contributed by atoms with Crippen LogP contribution in [0.5, 0.6) is 0 Å². The number of aromatic nitrogens is 2. The Morgan fingerprint density at radius 3 is 2.50 bits per heavy atom. The molecule has 0 atom stereocenters. The molecule has 0 spiro atoms. The van der Waals surface area contributed by atoms with Crippen molar-refractivity contribution in [3.05, 3.63) is 12.4 Å². The summed E-state index contributed by atoms with van der Waals surface area (Å²) in [7, 11) is 1.78. The second-order valence-corrected chi connectivity index (χ2v) is 4.55. The van der Waals surface area contributed by atoms with Crippen LogP contribution in [-0.2, 0) is 11.8 Å². The number of hydrogen-bond acceptors (Lipinski definition) is 3. The van der Waals surface area contributed by atoms with Crippen molar-refractivity contribution in [3.63, 3.8) is 0 Å². The van der Waals surface area contributed by atoms with E-state index in [0.717, 1.165) is 12.8 Å². The van der Waals surface area contributed by atoms with Crippen molar-refractivity contribution in [2.75, 3.05) is 5.32 Å². The Morgan fingerprint density at radius 1 is 1.50 bits per heavy atom. The first-order chi connectivity index (χ1) is 8.57. The number of carbonyl (C=O) groups excluding carboxylic acids is 1. The molecular weight excluding hydrogens is 228 g/mol. The molecule has 0 radical (unpaired) electrons. The number of aryl methyl sites for hydroxylation is 1. The molecule has 5 nitrogen and oxygen atoms in total. The highest BCUT2D eigenvalue weighted by atomic mass is 16.2. The van der Waals surface area contributed by atoms with Gasteiger partial charge in [-0.25, -0.2) is 0 Å². The van der Waals surface area contributed by atoms with Gasteiger partial charge in [0.2, 0.25) is 5.91 Å². The Hall–Kier alpha value is -1.83. The van der Waals surface area contributed by atoms with Gasteiger partial charge in [0, 0.05) is 13.2 Å². The molecule has 0 fully saturated rings. The summed E-state index contributed by atoms with van der Waals surface area (Å²) in [5, 5.41) is 16.1. The molecule has 0 bridgehead atoms. The zero-order valence-electron chi connectivity index (χ0n) is 11.2. The van der Waals surface area contributed by atoms with Gasteiger partial charge in [-0.1, -0.05) is 26.7 Å². The van der Waals surface area contributed by atoms with Crippen LogP contribution in [0.1, 0.15) is 39.5 Å². The molecule has 1 aromatic heterocycles. The summed E-state index contributed by atoms with van der Waals surface area (Å²) < 4.78 is 1.61. The average Bonchev–Trinajstić information content (AvgIpc) is 2.74. The lowest BCUT2D eigenvalue weighted by atomic mass is 9.80. The fraction of sp³-hybridized carbons (Fsp3) is 0.615. The number of amides is 1. The molecule has 1 rings (SSSR count). The molecule has 5 heteroatoms. The highest BCUT2D eigenvalue weighted by Gasteiger charge is 2.37. The molecule has 0 unspecified atom stereocenters. The van der Waals surface area contributed by atoms with E-state index in [0.29, 0.717) is 18.5 Å². The second-order valence-electron chi connectivity index (χ2n) is 4.55. The van der Waals surface area contributed by atoms with Crippen molar-refractivity contribution in [1.29, 1.82) is 5.26 Å². The third kappa shape index (κ3) is 3.10. The third-order valence-electron chi connectivity index (χ3n) is 2.96. The number of carbonyl (C=O) groups is 1. The Labute approximate surface area is 108 Å². The van der Waals surface area contributed by atoms with Gasteiger partial charge in [-0.15, -0.1) is 0 Å². The predicted molar refractivity (Wildman–Crippen MR) is 69.7 cm³/mol. The Bertz CT molecular complexity index is 438. The molecule has 0 saturated heterocycles. The largest absolute Gasteiger partial charge is 0.322 e. The molecular formula is C13H20N4O. The maximum Gasteiger partial charge on any atom is 0.244 e. The minimum absolute atomic E-state index is 0.221. The number of anilines is 1. The maximum absolute atomic E-state index is 12.3.